The summed E-state index contributed by atoms with van der Waals surface area (Å²) >= 11 is 18.4. The van der Waals surface area contributed by atoms with Gasteiger partial charge in [0.2, 0.25) is 11.8 Å². The highest BCUT2D eigenvalue weighted by atomic mass is 35.5. The number of carbonyl (C=O) groups excluding carboxylic acids is 2. The van der Waals surface area contributed by atoms with E-state index < -0.39 is 6.04 Å². The van der Waals surface area contributed by atoms with Crippen molar-refractivity contribution in [2.45, 2.75) is 63.6 Å². The topological polar surface area (TPSA) is 58.6 Å². The Hall–Kier alpha value is -2.73. The Morgan fingerprint density at radius 2 is 1.62 bits per heavy atom. The number of hydrogen-bond donors (Lipinski definition) is 1. The largest absolute Gasteiger partial charge is 0.494 e. The molecule has 5 nitrogen and oxygen atoms in total. The normalized spacial score (nSPS) is 14.1. The number of rotatable bonds is 12. The molecule has 0 radical (unpaired) electrons. The molecule has 1 aliphatic rings. The van der Waals surface area contributed by atoms with Crippen LogP contribution in [0.4, 0.5) is 0 Å². The zero-order chi connectivity index (χ0) is 27.6. The van der Waals surface area contributed by atoms with Gasteiger partial charge in [-0.3, -0.25) is 9.59 Å². The number of nitrogens with zero attached hydrogens (tertiary/aromatic N) is 1. The second-order valence-corrected chi connectivity index (χ2v) is 11.1. The molecule has 39 heavy (non-hydrogen) atoms. The van der Waals surface area contributed by atoms with E-state index in [9.17, 15) is 9.59 Å². The molecule has 0 aliphatic heterocycles. The third kappa shape index (κ3) is 8.89. The standard InChI is InChI=1S/C31H33Cl3N2O3/c32-24-13-15-26(16-14-24)39-18-6-11-30(37)36(21-23-12-17-27(33)28(34)19-23)29(20-22-7-2-1-3-8-22)31(38)35-25-9-4-5-10-25/h1-3,7-8,12-17,19,25,29H,4-6,9-11,18,20-21H2,(H,35,38)/t29-/m0/s1. The number of ether oxygens (including phenoxy) is 1. The second kappa shape index (κ2) is 14.6. The Kier molecular flexibility index (Phi) is 11.0. The molecule has 206 valence electrons. The first-order valence-corrected chi connectivity index (χ1v) is 14.5. The second-order valence-electron chi connectivity index (χ2n) is 9.87. The van der Waals surface area contributed by atoms with Crippen LogP contribution in [0.25, 0.3) is 0 Å². The van der Waals surface area contributed by atoms with Crippen molar-refractivity contribution < 1.29 is 14.3 Å². The molecule has 1 fully saturated rings. The summed E-state index contributed by atoms with van der Waals surface area (Å²) in [4.78, 5) is 29.1. The minimum absolute atomic E-state index is 0.122. The zero-order valence-electron chi connectivity index (χ0n) is 21.8. The van der Waals surface area contributed by atoms with Crippen LogP contribution in [-0.2, 0) is 22.6 Å². The molecule has 1 saturated carbocycles. The monoisotopic (exact) mass is 586 g/mol. The van der Waals surface area contributed by atoms with Crippen LogP contribution in [0, 0.1) is 0 Å². The molecule has 4 rings (SSSR count). The van der Waals surface area contributed by atoms with Crippen molar-refractivity contribution in [1.29, 1.82) is 0 Å². The van der Waals surface area contributed by atoms with Gasteiger partial charge in [0.05, 0.1) is 16.7 Å². The lowest BCUT2D eigenvalue weighted by Gasteiger charge is -2.32. The minimum atomic E-state index is -0.674. The van der Waals surface area contributed by atoms with Gasteiger partial charge in [-0.25, -0.2) is 0 Å². The molecule has 0 saturated heterocycles. The fraction of sp³-hybridized carbons (Fsp3) is 0.355. The van der Waals surface area contributed by atoms with Crippen molar-refractivity contribution in [3.05, 3.63) is 99.0 Å². The highest BCUT2D eigenvalue weighted by Gasteiger charge is 2.32. The molecule has 1 atom stereocenters. The lowest BCUT2D eigenvalue weighted by molar-refractivity contribution is -0.141. The van der Waals surface area contributed by atoms with Gasteiger partial charge in [-0.15, -0.1) is 0 Å². The van der Waals surface area contributed by atoms with Crippen molar-refractivity contribution in [2.75, 3.05) is 6.61 Å². The Morgan fingerprint density at radius 3 is 2.31 bits per heavy atom. The van der Waals surface area contributed by atoms with Gasteiger partial charge in [-0.05, 0) is 66.8 Å². The van der Waals surface area contributed by atoms with Gasteiger partial charge < -0.3 is 15.0 Å². The Labute approximate surface area is 245 Å². The van der Waals surface area contributed by atoms with Crippen LogP contribution in [0.3, 0.4) is 0 Å². The summed E-state index contributed by atoms with van der Waals surface area (Å²) in [6.07, 6.45) is 5.28. The average Bonchev–Trinajstić information content (AvgIpc) is 3.45. The molecule has 0 bridgehead atoms. The fourth-order valence-electron chi connectivity index (χ4n) is 4.84. The summed E-state index contributed by atoms with van der Waals surface area (Å²) < 4.78 is 5.79. The van der Waals surface area contributed by atoms with Crippen molar-refractivity contribution in [3.8, 4) is 5.75 Å². The zero-order valence-corrected chi connectivity index (χ0v) is 24.0. The van der Waals surface area contributed by atoms with Gasteiger partial charge in [0.15, 0.2) is 0 Å². The van der Waals surface area contributed by atoms with E-state index in [1.165, 1.54) is 0 Å². The molecule has 2 amide bonds. The molecule has 1 N–H and O–H groups in total. The van der Waals surface area contributed by atoms with Crippen molar-refractivity contribution in [3.63, 3.8) is 0 Å². The number of benzene rings is 3. The molecule has 0 heterocycles. The predicted octanol–water partition coefficient (Wildman–Crippen LogP) is 7.50. The van der Waals surface area contributed by atoms with Gasteiger partial charge in [0.25, 0.3) is 0 Å². The van der Waals surface area contributed by atoms with E-state index in [0.717, 1.165) is 36.8 Å². The maximum atomic E-state index is 13.7. The third-order valence-electron chi connectivity index (χ3n) is 6.93. The summed E-state index contributed by atoms with van der Waals surface area (Å²) in [6.45, 7) is 0.606. The van der Waals surface area contributed by atoms with Gasteiger partial charge in [0.1, 0.15) is 11.8 Å². The SMILES string of the molecule is O=C(NC1CCCC1)[C@H](Cc1ccccc1)N(Cc1ccc(Cl)c(Cl)c1)C(=O)CCCOc1ccc(Cl)cc1. The summed E-state index contributed by atoms with van der Waals surface area (Å²) in [5.74, 6) is 0.442. The van der Waals surface area contributed by atoms with E-state index in [1.54, 1.807) is 41.3 Å². The maximum Gasteiger partial charge on any atom is 0.243 e. The van der Waals surface area contributed by atoms with E-state index in [1.807, 2.05) is 36.4 Å². The summed E-state index contributed by atoms with van der Waals surface area (Å²) in [7, 11) is 0. The molecule has 3 aromatic carbocycles. The quantitative estimate of drug-likeness (QED) is 0.223. The number of hydrogen-bond acceptors (Lipinski definition) is 3. The van der Waals surface area contributed by atoms with Gasteiger partial charge >= 0.3 is 0 Å². The first kappa shape index (κ1) is 29.3. The van der Waals surface area contributed by atoms with Crippen LogP contribution >= 0.6 is 34.8 Å². The smallest absolute Gasteiger partial charge is 0.243 e. The maximum absolute atomic E-state index is 13.7. The summed E-state index contributed by atoms with van der Waals surface area (Å²) in [5, 5.41) is 4.71. The van der Waals surface area contributed by atoms with E-state index in [0.29, 0.717) is 40.3 Å². The van der Waals surface area contributed by atoms with Crippen LogP contribution in [0.5, 0.6) is 5.75 Å². The molecule has 0 spiro atoms. The van der Waals surface area contributed by atoms with Gasteiger partial charge in [-0.2, -0.15) is 0 Å². The highest BCUT2D eigenvalue weighted by Crippen LogP contribution is 2.25. The van der Waals surface area contributed by atoms with Crippen molar-refractivity contribution in [2.24, 2.45) is 0 Å². The molecule has 0 aromatic heterocycles. The number of carbonyl (C=O) groups is 2. The number of nitrogens with one attached hydrogen (secondary N) is 1. The van der Waals surface area contributed by atoms with Crippen LogP contribution in [0.1, 0.15) is 49.7 Å². The predicted molar refractivity (Wildman–Crippen MR) is 158 cm³/mol. The van der Waals surface area contributed by atoms with Crippen molar-refractivity contribution >= 4 is 46.6 Å². The third-order valence-corrected chi connectivity index (χ3v) is 7.92. The summed E-state index contributed by atoms with van der Waals surface area (Å²) in [6, 6.07) is 21.7. The van der Waals surface area contributed by atoms with Crippen LogP contribution < -0.4 is 10.1 Å². The molecule has 1 aliphatic carbocycles. The molecule has 0 unspecified atom stereocenters. The minimum Gasteiger partial charge on any atom is -0.494 e. The van der Waals surface area contributed by atoms with Crippen molar-refractivity contribution in [1.82, 2.24) is 10.2 Å². The van der Waals surface area contributed by atoms with Crippen LogP contribution in [-0.4, -0.2) is 35.4 Å². The van der Waals surface area contributed by atoms with Gasteiger partial charge in [0, 0.05) is 30.5 Å². The number of halogens is 3. The first-order chi connectivity index (χ1) is 18.9. The van der Waals surface area contributed by atoms with E-state index >= 15 is 0 Å². The van der Waals surface area contributed by atoms with E-state index in [4.69, 9.17) is 39.5 Å². The first-order valence-electron chi connectivity index (χ1n) is 13.3. The summed E-state index contributed by atoms with van der Waals surface area (Å²) in [5.41, 5.74) is 1.80. The Bertz CT molecular complexity index is 1230. The number of amides is 2. The lowest BCUT2D eigenvalue weighted by atomic mass is 10.0. The highest BCUT2D eigenvalue weighted by molar-refractivity contribution is 6.42. The fourth-order valence-corrected chi connectivity index (χ4v) is 5.29. The Morgan fingerprint density at radius 1 is 0.897 bits per heavy atom. The van der Waals surface area contributed by atoms with E-state index in [2.05, 4.69) is 5.32 Å². The van der Waals surface area contributed by atoms with Crippen LogP contribution in [0.15, 0.2) is 72.8 Å². The van der Waals surface area contributed by atoms with Crippen LogP contribution in [0.2, 0.25) is 15.1 Å². The Balaban J connectivity index is 1.53. The molecule has 8 heteroatoms. The average molecular weight is 588 g/mol. The molecular weight excluding hydrogens is 555 g/mol. The van der Waals surface area contributed by atoms with Gasteiger partial charge in [-0.1, -0.05) is 84.0 Å². The van der Waals surface area contributed by atoms with E-state index in [-0.39, 0.29) is 30.8 Å². The molecule has 3 aromatic rings. The lowest BCUT2D eigenvalue weighted by Crippen LogP contribution is -2.52. The molecular formula is C31H33Cl3N2O3.